The van der Waals surface area contributed by atoms with E-state index in [-0.39, 0.29) is 5.91 Å². The van der Waals surface area contributed by atoms with Crippen molar-refractivity contribution in [3.8, 4) is 0 Å². The van der Waals surface area contributed by atoms with Crippen molar-refractivity contribution in [1.29, 1.82) is 0 Å². The average Bonchev–Trinajstić information content (AvgIpc) is 2.28. The van der Waals surface area contributed by atoms with Gasteiger partial charge in [0.15, 0.2) is 0 Å². The smallest absolute Gasteiger partial charge is 0.255 e. The Kier molecular flexibility index (Phi) is 5.95. The molecule has 0 aliphatic heterocycles. The fraction of sp³-hybridized carbons (Fsp3) is 0.417. The van der Waals surface area contributed by atoms with Crippen LogP contribution in [0.5, 0.6) is 0 Å². The van der Waals surface area contributed by atoms with Gasteiger partial charge in [-0.15, -0.1) is 0 Å². The van der Waals surface area contributed by atoms with Gasteiger partial charge in [0.1, 0.15) is 0 Å². The minimum atomic E-state index is -0.0430. The van der Waals surface area contributed by atoms with Crippen molar-refractivity contribution in [2.75, 3.05) is 27.2 Å². The highest BCUT2D eigenvalue weighted by Gasteiger charge is 2.14. The Labute approximate surface area is 115 Å². The Morgan fingerprint density at radius 2 is 2.24 bits per heavy atom. The lowest BCUT2D eigenvalue weighted by Crippen LogP contribution is -2.29. The predicted octanol–water partition coefficient (Wildman–Crippen LogP) is 2.78. The zero-order chi connectivity index (χ0) is 12.8. The van der Waals surface area contributed by atoms with Gasteiger partial charge in [-0.05, 0) is 38.2 Å². The lowest BCUT2D eigenvalue weighted by Gasteiger charge is -2.17. The van der Waals surface area contributed by atoms with Crippen LogP contribution in [-0.4, -0.2) is 38.0 Å². The number of amides is 1. The number of carbonyl (C=O) groups is 1. The first-order chi connectivity index (χ1) is 8.06. The first-order valence-electron chi connectivity index (χ1n) is 5.41. The number of hydrogen-bond donors (Lipinski definition) is 1. The van der Waals surface area contributed by atoms with Crippen molar-refractivity contribution in [3.63, 3.8) is 0 Å². The van der Waals surface area contributed by atoms with Gasteiger partial charge in [-0.3, -0.25) is 4.79 Å². The third-order valence-corrected chi connectivity index (χ3v) is 3.23. The summed E-state index contributed by atoms with van der Waals surface area (Å²) in [4.78, 5) is 13.8. The topological polar surface area (TPSA) is 32.3 Å². The summed E-state index contributed by atoms with van der Waals surface area (Å²) in [6.07, 6.45) is 0.923. The van der Waals surface area contributed by atoms with Crippen molar-refractivity contribution in [3.05, 3.63) is 33.3 Å². The molecule has 0 aromatic heterocycles. The molecule has 1 aromatic rings. The van der Waals surface area contributed by atoms with Crippen molar-refractivity contribution in [2.24, 2.45) is 0 Å². The lowest BCUT2D eigenvalue weighted by molar-refractivity contribution is 0.0794. The van der Waals surface area contributed by atoms with Crippen LogP contribution < -0.4 is 5.32 Å². The number of carbonyl (C=O) groups excluding carboxylic acids is 1. The highest BCUT2D eigenvalue weighted by atomic mass is 79.9. The third-order valence-electron chi connectivity index (χ3n) is 2.43. The summed E-state index contributed by atoms with van der Waals surface area (Å²) in [5, 5.41) is 3.53. The second kappa shape index (κ2) is 6.99. The Balaban J connectivity index is 2.68. The Morgan fingerprint density at radius 1 is 1.53 bits per heavy atom. The summed E-state index contributed by atoms with van der Waals surface area (Å²) >= 11 is 9.36. The van der Waals surface area contributed by atoms with Gasteiger partial charge in [-0.2, -0.15) is 0 Å². The van der Waals surface area contributed by atoms with Gasteiger partial charge in [0, 0.05) is 18.1 Å². The van der Waals surface area contributed by atoms with Crippen LogP contribution in [0.15, 0.2) is 22.7 Å². The fourth-order valence-electron chi connectivity index (χ4n) is 1.46. The van der Waals surface area contributed by atoms with Gasteiger partial charge in [-0.25, -0.2) is 0 Å². The zero-order valence-electron chi connectivity index (χ0n) is 9.96. The summed E-state index contributed by atoms with van der Waals surface area (Å²) in [5.74, 6) is -0.0430. The molecule has 1 aromatic carbocycles. The maximum atomic E-state index is 12.1. The van der Waals surface area contributed by atoms with Gasteiger partial charge in [0.05, 0.1) is 10.6 Å². The van der Waals surface area contributed by atoms with Gasteiger partial charge >= 0.3 is 0 Å². The van der Waals surface area contributed by atoms with Crippen molar-refractivity contribution < 1.29 is 4.79 Å². The first-order valence-corrected chi connectivity index (χ1v) is 6.58. The second-order valence-corrected chi connectivity index (χ2v) is 5.13. The molecular formula is C12H16BrClN2O. The number of halogens is 2. The molecule has 3 nitrogen and oxygen atoms in total. The van der Waals surface area contributed by atoms with E-state index in [1.165, 1.54) is 0 Å². The summed E-state index contributed by atoms with van der Waals surface area (Å²) in [5.41, 5.74) is 0.543. The summed E-state index contributed by atoms with van der Waals surface area (Å²) in [6, 6.07) is 5.29. The van der Waals surface area contributed by atoms with Crippen LogP contribution in [-0.2, 0) is 0 Å². The molecule has 5 heteroatoms. The molecule has 1 N–H and O–H groups in total. The van der Waals surface area contributed by atoms with E-state index in [9.17, 15) is 4.79 Å². The van der Waals surface area contributed by atoms with E-state index in [2.05, 4.69) is 21.2 Å². The molecule has 0 aliphatic rings. The number of nitrogens with one attached hydrogen (secondary N) is 1. The molecule has 0 atom stereocenters. The molecule has 0 spiro atoms. The zero-order valence-corrected chi connectivity index (χ0v) is 12.3. The van der Waals surface area contributed by atoms with Gasteiger partial charge in [0.2, 0.25) is 0 Å². The third kappa shape index (κ3) is 4.30. The maximum absolute atomic E-state index is 12.1. The van der Waals surface area contributed by atoms with E-state index >= 15 is 0 Å². The standard InChI is InChI=1S/C12H16BrClN2O/c1-15-6-3-7-16(2)12(17)10-5-4-9(13)8-11(10)14/h4-5,8,15H,3,6-7H2,1-2H3. The van der Waals surface area contributed by atoms with E-state index in [1.54, 1.807) is 24.1 Å². The van der Waals surface area contributed by atoms with Crippen molar-refractivity contribution >= 4 is 33.4 Å². The Hall–Kier alpha value is -0.580. The molecule has 0 saturated carbocycles. The fourth-order valence-corrected chi connectivity index (χ4v) is 2.22. The van der Waals surface area contributed by atoms with Crippen molar-refractivity contribution in [1.82, 2.24) is 10.2 Å². The highest BCUT2D eigenvalue weighted by molar-refractivity contribution is 9.10. The van der Waals surface area contributed by atoms with Gasteiger partial charge < -0.3 is 10.2 Å². The molecular weight excluding hydrogens is 304 g/mol. The van der Waals surface area contributed by atoms with Crippen LogP contribution >= 0.6 is 27.5 Å². The van der Waals surface area contributed by atoms with Crippen LogP contribution in [0, 0.1) is 0 Å². The minimum Gasteiger partial charge on any atom is -0.342 e. The van der Waals surface area contributed by atoms with E-state index in [0.29, 0.717) is 17.1 Å². The van der Waals surface area contributed by atoms with Crippen LogP contribution in [0.1, 0.15) is 16.8 Å². The van der Waals surface area contributed by atoms with E-state index in [0.717, 1.165) is 17.4 Å². The van der Waals surface area contributed by atoms with Crippen molar-refractivity contribution in [2.45, 2.75) is 6.42 Å². The number of hydrogen-bond acceptors (Lipinski definition) is 2. The molecule has 0 fully saturated rings. The largest absolute Gasteiger partial charge is 0.342 e. The predicted molar refractivity (Wildman–Crippen MR) is 74.7 cm³/mol. The quantitative estimate of drug-likeness (QED) is 0.847. The SMILES string of the molecule is CNCCCN(C)C(=O)c1ccc(Br)cc1Cl. The second-order valence-electron chi connectivity index (χ2n) is 3.81. The number of benzene rings is 1. The van der Waals surface area contributed by atoms with E-state index < -0.39 is 0 Å². The molecule has 0 heterocycles. The van der Waals surface area contributed by atoms with Crippen LogP contribution in [0.3, 0.4) is 0 Å². The first kappa shape index (κ1) is 14.5. The highest BCUT2D eigenvalue weighted by Crippen LogP contribution is 2.22. The molecule has 0 bridgehead atoms. The molecule has 1 rings (SSSR count). The minimum absolute atomic E-state index is 0.0430. The number of rotatable bonds is 5. The summed E-state index contributed by atoms with van der Waals surface area (Å²) in [7, 11) is 3.68. The summed E-state index contributed by atoms with van der Waals surface area (Å²) in [6.45, 7) is 1.61. The molecule has 0 saturated heterocycles. The van der Waals surface area contributed by atoms with Crippen LogP contribution in [0.4, 0.5) is 0 Å². The van der Waals surface area contributed by atoms with E-state index in [4.69, 9.17) is 11.6 Å². The molecule has 1 amide bonds. The molecule has 94 valence electrons. The van der Waals surface area contributed by atoms with Gasteiger partial charge in [-0.1, -0.05) is 27.5 Å². The lowest BCUT2D eigenvalue weighted by atomic mass is 10.2. The van der Waals surface area contributed by atoms with Crippen LogP contribution in [0.25, 0.3) is 0 Å². The molecule has 17 heavy (non-hydrogen) atoms. The molecule has 0 aliphatic carbocycles. The number of nitrogens with zero attached hydrogens (tertiary/aromatic N) is 1. The monoisotopic (exact) mass is 318 g/mol. The maximum Gasteiger partial charge on any atom is 0.255 e. The van der Waals surface area contributed by atoms with Crippen LogP contribution in [0.2, 0.25) is 5.02 Å². The normalized spacial score (nSPS) is 10.4. The Morgan fingerprint density at radius 3 is 2.82 bits per heavy atom. The Bertz CT molecular complexity index is 398. The molecule has 0 unspecified atom stereocenters. The molecule has 0 radical (unpaired) electrons. The summed E-state index contributed by atoms with van der Waals surface area (Å²) < 4.78 is 0.872. The average molecular weight is 320 g/mol. The van der Waals surface area contributed by atoms with Gasteiger partial charge in [0.25, 0.3) is 5.91 Å². The van der Waals surface area contributed by atoms with E-state index in [1.807, 2.05) is 13.1 Å².